The van der Waals surface area contributed by atoms with Crippen LogP contribution in [0.5, 0.6) is 0 Å². The molecule has 0 aliphatic carbocycles. The highest BCUT2D eigenvalue weighted by Gasteiger charge is 2.20. The minimum Gasteiger partial charge on any atom is -0.395 e. The van der Waals surface area contributed by atoms with Gasteiger partial charge in [0.15, 0.2) is 5.69 Å². The van der Waals surface area contributed by atoms with E-state index in [4.69, 9.17) is 5.11 Å². The lowest BCUT2D eigenvalue weighted by atomic mass is 10.2. The lowest BCUT2D eigenvalue weighted by molar-refractivity contribution is 0.0760. The van der Waals surface area contributed by atoms with Crippen LogP contribution in [0.15, 0.2) is 36.5 Å². The molecule has 23 heavy (non-hydrogen) atoms. The number of likely N-dealkylation sites (N-methyl/N-ethyl adjacent to an activating group) is 1. The Morgan fingerprint density at radius 3 is 2.96 bits per heavy atom. The summed E-state index contributed by atoms with van der Waals surface area (Å²) < 4.78 is 1.63. The van der Waals surface area contributed by atoms with Crippen molar-refractivity contribution in [2.24, 2.45) is 0 Å². The van der Waals surface area contributed by atoms with Gasteiger partial charge in [0.05, 0.1) is 23.5 Å². The third-order valence-corrected chi connectivity index (χ3v) is 3.71. The first-order chi connectivity index (χ1) is 11.1. The lowest BCUT2D eigenvalue weighted by Crippen LogP contribution is -2.30. The molecule has 0 saturated heterocycles. The van der Waals surface area contributed by atoms with E-state index in [1.54, 1.807) is 24.9 Å². The van der Waals surface area contributed by atoms with Crippen molar-refractivity contribution in [2.75, 3.05) is 20.2 Å². The molecule has 7 nitrogen and oxygen atoms in total. The van der Waals surface area contributed by atoms with Gasteiger partial charge in [-0.1, -0.05) is 11.3 Å². The summed E-state index contributed by atoms with van der Waals surface area (Å²) in [5.41, 5.74) is 2.66. The van der Waals surface area contributed by atoms with Crippen LogP contribution in [0, 0.1) is 6.92 Å². The number of carbonyl (C=O) groups excluding carboxylic acids is 1. The van der Waals surface area contributed by atoms with Crippen molar-refractivity contribution >= 4 is 16.8 Å². The van der Waals surface area contributed by atoms with Gasteiger partial charge in [0.25, 0.3) is 5.91 Å². The van der Waals surface area contributed by atoms with Crippen molar-refractivity contribution in [3.63, 3.8) is 0 Å². The van der Waals surface area contributed by atoms with E-state index in [-0.39, 0.29) is 24.8 Å². The number of nitrogens with zero attached hydrogens (tertiary/aromatic N) is 5. The highest BCUT2D eigenvalue weighted by Crippen LogP contribution is 2.18. The van der Waals surface area contributed by atoms with E-state index >= 15 is 0 Å². The summed E-state index contributed by atoms with van der Waals surface area (Å²) in [5.74, 6) is -0.259. The summed E-state index contributed by atoms with van der Waals surface area (Å²) in [7, 11) is 1.62. The third-order valence-electron chi connectivity index (χ3n) is 3.71. The minimum atomic E-state index is -0.259. The number of amides is 1. The standard InChI is InChI=1S/C16H17N5O2/c1-11-15(16(23)20(2)8-9-22)18-19-21(11)13-5-6-14-12(10-13)4-3-7-17-14/h3-7,10,22H,8-9H2,1-2H3. The average molecular weight is 311 g/mol. The number of aliphatic hydroxyl groups excluding tert-OH is 1. The molecule has 1 aromatic carbocycles. The van der Waals surface area contributed by atoms with Crippen molar-refractivity contribution in [3.05, 3.63) is 47.9 Å². The van der Waals surface area contributed by atoms with Gasteiger partial charge >= 0.3 is 0 Å². The van der Waals surface area contributed by atoms with Gasteiger partial charge in [0, 0.05) is 25.2 Å². The van der Waals surface area contributed by atoms with Crippen LogP contribution in [0.2, 0.25) is 0 Å². The Balaban J connectivity index is 1.98. The summed E-state index contributed by atoms with van der Waals surface area (Å²) in [5, 5.41) is 18.0. The number of benzene rings is 1. The van der Waals surface area contributed by atoms with Crippen LogP contribution in [-0.2, 0) is 0 Å². The molecule has 2 heterocycles. The zero-order chi connectivity index (χ0) is 16.4. The first-order valence-corrected chi connectivity index (χ1v) is 7.25. The van der Waals surface area contributed by atoms with Gasteiger partial charge < -0.3 is 10.0 Å². The number of aliphatic hydroxyl groups is 1. The maximum atomic E-state index is 12.3. The van der Waals surface area contributed by atoms with Crippen molar-refractivity contribution in [1.82, 2.24) is 24.9 Å². The molecule has 0 aliphatic rings. The molecule has 2 aromatic heterocycles. The monoisotopic (exact) mass is 311 g/mol. The van der Waals surface area contributed by atoms with Crippen LogP contribution >= 0.6 is 0 Å². The average Bonchev–Trinajstić information content (AvgIpc) is 2.95. The van der Waals surface area contributed by atoms with E-state index in [9.17, 15) is 4.79 Å². The van der Waals surface area contributed by atoms with Crippen molar-refractivity contribution in [2.45, 2.75) is 6.92 Å². The Morgan fingerprint density at radius 1 is 1.35 bits per heavy atom. The van der Waals surface area contributed by atoms with Crippen LogP contribution in [0.1, 0.15) is 16.2 Å². The molecule has 1 amide bonds. The molecular formula is C16H17N5O2. The first-order valence-electron chi connectivity index (χ1n) is 7.25. The van der Waals surface area contributed by atoms with Crippen LogP contribution in [-0.4, -0.2) is 56.1 Å². The Labute approximate surface area is 133 Å². The SMILES string of the molecule is Cc1c(C(=O)N(C)CCO)nnn1-c1ccc2ncccc2c1. The fraction of sp³-hybridized carbons (Fsp3) is 0.250. The second-order valence-corrected chi connectivity index (χ2v) is 5.27. The van der Waals surface area contributed by atoms with E-state index < -0.39 is 0 Å². The zero-order valence-electron chi connectivity index (χ0n) is 13.0. The molecule has 0 radical (unpaired) electrons. The summed E-state index contributed by atoms with van der Waals surface area (Å²) in [6, 6.07) is 9.60. The van der Waals surface area contributed by atoms with Gasteiger partial charge in [-0.3, -0.25) is 9.78 Å². The molecule has 1 N–H and O–H groups in total. The molecule has 0 saturated carbocycles. The molecule has 7 heteroatoms. The third kappa shape index (κ3) is 2.78. The topological polar surface area (TPSA) is 84.1 Å². The van der Waals surface area contributed by atoms with Gasteiger partial charge in [-0.2, -0.15) is 0 Å². The zero-order valence-corrected chi connectivity index (χ0v) is 13.0. The number of hydrogen-bond donors (Lipinski definition) is 1. The molecule has 0 bridgehead atoms. The number of fused-ring (bicyclic) bond motifs is 1. The van der Waals surface area contributed by atoms with Gasteiger partial charge in [0.2, 0.25) is 0 Å². The van der Waals surface area contributed by atoms with Crippen LogP contribution in [0.3, 0.4) is 0 Å². The van der Waals surface area contributed by atoms with Crippen molar-refractivity contribution in [1.29, 1.82) is 0 Å². The Bertz CT molecular complexity index is 859. The molecule has 0 spiro atoms. The molecule has 0 atom stereocenters. The normalized spacial score (nSPS) is 10.9. The van der Waals surface area contributed by atoms with Gasteiger partial charge in [0.1, 0.15) is 0 Å². The van der Waals surface area contributed by atoms with Crippen LogP contribution < -0.4 is 0 Å². The van der Waals surface area contributed by atoms with Gasteiger partial charge in [-0.15, -0.1) is 5.10 Å². The predicted octanol–water partition coefficient (Wildman–Crippen LogP) is 1.19. The van der Waals surface area contributed by atoms with E-state index in [0.29, 0.717) is 5.69 Å². The number of hydrogen-bond acceptors (Lipinski definition) is 5. The number of aromatic nitrogens is 4. The summed E-state index contributed by atoms with van der Waals surface area (Å²) in [6.07, 6.45) is 1.75. The molecule has 3 rings (SSSR count). The number of pyridine rings is 1. The second kappa shape index (κ2) is 6.13. The smallest absolute Gasteiger partial charge is 0.276 e. The highest BCUT2D eigenvalue weighted by molar-refractivity contribution is 5.93. The first kappa shape index (κ1) is 15.1. The summed E-state index contributed by atoms with van der Waals surface area (Å²) in [4.78, 5) is 18.0. The lowest BCUT2D eigenvalue weighted by Gasteiger charge is -2.14. The fourth-order valence-electron chi connectivity index (χ4n) is 2.40. The summed E-state index contributed by atoms with van der Waals surface area (Å²) >= 11 is 0. The Hall–Kier alpha value is -2.80. The minimum absolute atomic E-state index is 0.0902. The maximum Gasteiger partial charge on any atom is 0.276 e. The number of rotatable bonds is 4. The van der Waals surface area contributed by atoms with Crippen LogP contribution in [0.25, 0.3) is 16.6 Å². The Morgan fingerprint density at radius 2 is 2.17 bits per heavy atom. The van der Waals surface area contributed by atoms with Crippen molar-refractivity contribution < 1.29 is 9.90 Å². The fourth-order valence-corrected chi connectivity index (χ4v) is 2.40. The van der Waals surface area contributed by atoms with E-state index in [1.807, 2.05) is 30.3 Å². The Kier molecular flexibility index (Phi) is 4.03. The largest absolute Gasteiger partial charge is 0.395 e. The maximum absolute atomic E-state index is 12.3. The molecule has 0 unspecified atom stereocenters. The second-order valence-electron chi connectivity index (χ2n) is 5.27. The van der Waals surface area contributed by atoms with E-state index in [2.05, 4.69) is 15.3 Å². The van der Waals surface area contributed by atoms with Crippen LogP contribution in [0.4, 0.5) is 0 Å². The van der Waals surface area contributed by atoms with E-state index in [0.717, 1.165) is 16.6 Å². The van der Waals surface area contributed by atoms with Gasteiger partial charge in [-0.05, 0) is 31.2 Å². The molecule has 0 aliphatic heterocycles. The number of carbonyl (C=O) groups is 1. The predicted molar refractivity (Wildman–Crippen MR) is 85.4 cm³/mol. The quantitative estimate of drug-likeness (QED) is 0.782. The molecule has 118 valence electrons. The van der Waals surface area contributed by atoms with E-state index in [1.165, 1.54) is 4.90 Å². The molecular weight excluding hydrogens is 294 g/mol. The molecule has 3 aromatic rings. The highest BCUT2D eigenvalue weighted by atomic mass is 16.3. The van der Waals surface area contributed by atoms with Gasteiger partial charge in [-0.25, -0.2) is 4.68 Å². The summed E-state index contributed by atoms with van der Waals surface area (Å²) in [6.45, 7) is 1.97. The molecule has 0 fully saturated rings. The van der Waals surface area contributed by atoms with Crippen molar-refractivity contribution in [3.8, 4) is 5.69 Å².